The quantitative estimate of drug-likeness (QED) is 0.803. The van der Waals surface area contributed by atoms with E-state index in [0.717, 1.165) is 11.1 Å². The molecule has 2 aromatic carbocycles. The molecule has 0 atom stereocenters. The molecule has 1 amide bonds. The third-order valence-electron chi connectivity index (χ3n) is 5.01. The lowest BCUT2D eigenvalue weighted by Gasteiger charge is -2.38. The molecule has 0 aliphatic carbocycles. The van der Waals surface area contributed by atoms with Crippen molar-refractivity contribution in [3.8, 4) is 11.5 Å². The highest BCUT2D eigenvalue weighted by Gasteiger charge is 2.37. The number of halogens is 3. The summed E-state index contributed by atoms with van der Waals surface area (Å²) < 4.78 is 43.7. The predicted molar refractivity (Wildman–Crippen MR) is 93.9 cm³/mol. The molecule has 0 saturated carbocycles. The first-order chi connectivity index (χ1) is 12.9. The lowest BCUT2D eigenvalue weighted by atomic mass is 9.86. The normalized spacial score (nSPS) is 17.8. The van der Waals surface area contributed by atoms with Crippen LogP contribution in [0, 0.1) is 0 Å². The molecule has 4 rings (SSSR count). The summed E-state index contributed by atoms with van der Waals surface area (Å²) in [5, 5.41) is 0. The lowest BCUT2D eigenvalue weighted by Crippen LogP contribution is -2.52. The molecule has 0 spiro atoms. The van der Waals surface area contributed by atoms with Crippen molar-refractivity contribution in [3.63, 3.8) is 0 Å². The Balaban J connectivity index is 1.56. The maximum Gasteiger partial charge on any atom is 0.401 e. The average Bonchev–Trinajstić information content (AvgIpc) is 2.65. The highest BCUT2D eigenvalue weighted by atomic mass is 19.4. The van der Waals surface area contributed by atoms with Gasteiger partial charge in [0, 0.05) is 37.3 Å². The molecular formula is C20H19F3N2O2. The van der Waals surface area contributed by atoms with Gasteiger partial charge in [-0.1, -0.05) is 36.4 Å². The molecule has 0 aromatic heterocycles. The molecule has 1 fully saturated rings. The maximum atomic E-state index is 13.3. The summed E-state index contributed by atoms with van der Waals surface area (Å²) >= 11 is 0. The van der Waals surface area contributed by atoms with Crippen LogP contribution >= 0.6 is 0 Å². The largest absolute Gasteiger partial charge is 0.457 e. The fraction of sp³-hybridized carbons (Fsp3) is 0.350. The number of fused-ring (bicyclic) bond motifs is 2. The SMILES string of the molecule is O=C(C1c2ccccc2Oc2ccccc21)N1CCN(CC(F)(F)F)CC1. The Kier molecular flexibility index (Phi) is 4.55. The van der Waals surface area contributed by atoms with E-state index in [0.29, 0.717) is 11.5 Å². The molecule has 142 valence electrons. The number of amides is 1. The Bertz CT molecular complexity index is 800. The Morgan fingerprint density at radius 3 is 1.96 bits per heavy atom. The number of benzene rings is 2. The standard InChI is InChI=1S/C20H19F3N2O2/c21-20(22,23)13-24-9-11-25(12-10-24)19(26)18-14-5-1-3-7-16(14)27-17-8-4-2-6-15(17)18/h1-8,18H,9-13H2. The molecule has 0 unspecified atom stereocenters. The van der Waals surface area contributed by atoms with Gasteiger partial charge in [-0.25, -0.2) is 0 Å². The van der Waals surface area contributed by atoms with E-state index < -0.39 is 18.6 Å². The molecular weight excluding hydrogens is 357 g/mol. The second-order valence-corrected chi connectivity index (χ2v) is 6.83. The van der Waals surface area contributed by atoms with Gasteiger partial charge in [-0.15, -0.1) is 0 Å². The van der Waals surface area contributed by atoms with Crippen LogP contribution in [0.2, 0.25) is 0 Å². The second kappa shape index (κ2) is 6.88. The first-order valence-electron chi connectivity index (χ1n) is 8.86. The van der Waals surface area contributed by atoms with Gasteiger partial charge in [-0.2, -0.15) is 13.2 Å². The van der Waals surface area contributed by atoms with Crippen molar-refractivity contribution in [2.75, 3.05) is 32.7 Å². The molecule has 0 N–H and O–H groups in total. The highest BCUT2D eigenvalue weighted by Crippen LogP contribution is 2.44. The summed E-state index contributed by atoms with van der Waals surface area (Å²) in [7, 11) is 0. The number of alkyl halides is 3. The Labute approximate surface area is 155 Å². The zero-order valence-corrected chi connectivity index (χ0v) is 14.6. The van der Waals surface area contributed by atoms with Gasteiger partial charge < -0.3 is 9.64 Å². The summed E-state index contributed by atoms with van der Waals surface area (Å²) in [4.78, 5) is 16.3. The number of hydrogen-bond donors (Lipinski definition) is 0. The minimum Gasteiger partial charge on any atom is -0.457 e. The third kappa shape index (κ3) is 3.64. The number of hydrogen-bond acceptors (Lipinski definition) is 3. The van der Waals surface area contributed by atoms with Gasteiger partial charge in [-0.05, 0) is 12.1 Å². The molecule has 1 saturated heterocycles. The van der Waals surface area contributed by atoms with Crippen LogP contribution in [0.25, 0.3) is 0 Å². The maximum absolute atomic E-state index is 13.3. The number of nitrogens with zero attached hydrogens (tertiary/aromatic N) is 2. The number of ether oxygens (including phenoxy) is 1. The monoisotopic (exact) mass is 376 g/mol. The summed E-state index contributed by atoms with van der Waals surface area (Å²) in [6, 6.07) is 14.8. The van der Waals surface area contributed by atoms with E-state index >= 15 is 0 Å². The molecule has 2 heterocycles. The second-order valence-electron chi connectivity index (χ2n) is 6.83. The van der Waals surface area contributed by atoms with Crippen LogP contribution < -0.4 is 4.74 Å². The predicted octanol–water partition coefficient (Wildman–Crippen LogP) is 3.63. The first-order valence-corrected chi connectivity index (χ1v) is 8.86. The minimum absolute atomic E-state index is 0.0927. The Hall–Kier alpha value is -2.54. The zero-order chi connectivity index (χ0) is 19.0. The summed E-state index contributed by atoms with van der Waals surface area (Å²) in [5.74, 6) is 0.695. The van der Waals surface area contributed by atoms with E-state index in [1.165, 1.54) is 4.90 Å². The molecule has 2 aromatic rings. The van der Waals surface area contributed by atoms with Crippen LogP contribution in [0.3, 0.4) is 0 Å². The Morgan fingerprint density at radius 1 is 0.926 bits per heavy atom. The van der Waals surface area contributed by atoms with Gasteiger partial charge >= 0.3 is 6.18 Å². The topological polar surface area (TPSA) is 32.8 Å². The van der Waals surface area contributed by atoms with Gasteiger partial charge in [0.2, 0.25) is 5.91 Å². The van der Waals surface area contributed by atoms with Crippen molar-refractivity contribution >= 4 is 5.91 Å². The van der Waals surface area contributed by atoms with Gasteiger partial charge in [0.25, 0.3) is 0 Å². The number of piperazine rings is 1. The van der Waals surface area contributed by atoms with Crippen LogP contribution in [0.15, 0.2) is 48.5 Å². The first kappa shape index (κ1) is 17.9. The van der Waals surface area contributed by atoms with E-state index in [4.69, 9.17) is 4.74 Å². The van der Waals surface area contributed by atoms with Gasteiger partial charge in [0.15, 0.2) is 0 Å². The van der Waals surface area contributed by atoms with E-state index in [9.17, 15) is 18.0 Å². The van der Waals surface area contributed by atoms with E-state index in [1.807, 2.05) is 48.5 Å². The fourth-order valence-electron chi connectivity index (χ4n) is 3.74. The molecule has 7 heteroatoms. The summed E-state index contributed by atoms with van der Waals surface area (Å²) in [6.45, 7) is 0.0840. The van der Waals surface area contributed by atoms with E-state index in [1.54, 1.807) is 4.90 Å². The van der Waals surface area contributed by atoms with E-state index in [2.05, 4.69) is 0 Å². The van der Waals surface area contributed by atoms with E-state index in [-0.39, 0.29) is 32.1 Å². The third-order valence-corrected chi connectivity index (χ3v) is 5.01. The van der Waals surface area contributed by atoms with Gasteiger partial charge in [0.05, 0.1) is 12.5 Å². The Morgan fingerprint density at radius 2 is 1.44 bits per heavy atom. The van der Waals surface area contributed by atoms with Crippen molar-refractivity contribution in [1.82, 2.24) is 9.80 Å². The number of carbonyl (C=O) groups is 1. The smallest absolute Gasteiger partial charge is 0.401 e. The highest BCUT2D eigenvalue weighted by molar-refractivity contribution is 5.89. The molecule has 2 aliphatic heterocycles. The van der Waals surface area contributed by atoms with Crippen LogP contribution in [0.1, 0.15) is 17.0 Å². The van der Waals surface area contributed by atoms with Crippen LogP contribution in [-0.4, -0.2) is 54.6 Å². The molecule has 27 heavy (non-hydrogen) atoms. The van der Waals surface area contributed by atoms with Crippen molar-refractivity contribution in [1.29, 1.82) is 0 Å². The fourth-order valence-corrected chi connectivity index (χ4v) is 3.74. The van der Waals surface area contributed by atoms with Crippen LogP contribution in [-0.2, 0) is 4.79 Å². The lowest BCUT2D eigenvalue weighted by molar-refractivity contribution is -0.151. The zero-order valence-electron chi connectivity index (χ0n) is 14.6. The average molecular weight is 376 g/mol. The molecule has 0 bridgehead atoms. The van der Waals surface area contributed by atoms with Gasteiger partial charge in [0.1, 0.15) is 11.5 Å². The molecule has 4 nitrogen and oxygen atoms in total. The number of para-hydroxylation sites is 2. The number of rotatable bonds is 2. The molecule has 2 aliphatic rings. The number of carbonyl (C=O) groups excluding carboxylic acids is 1. The minimum atomic E-state index is -4.22. The summed E-state index contributed by atoms with van der Waals surface area (Å²) in [6.07, 6.45) is -4.22. The van der Waals surface area contributed by atoms with Crippen molar-refractivity contribution in [3.05, 3.63) is 59.7 Å². The van der Waals surface area contributed by atoms with Crippen molar-refractivity contribution < 1.29 is 22.7 Å². The van der Waals surface area contributed by atoms with Gasteiger partial charge in [-0.3, -0.25) is 9.69 Å². The summed E-state index contributed by atoms with van der Waals surface area (Å²) in [5.41, 5.74) is 1.58. The van der Waals surface area contributed by atoms with Crippen LogP contribution in [0.4, 0.5) is 13.2 Å². The van der Waals surface area contributed by atoms with Crippen LogP contribution in [0.5, 0.6) is 11.5 Å². The molecule has 0 radical (unpaired) electrons. The van der Waals surface area contributed by atoms with Crippen molar-refractivity contribution in [2.24, 2.45) is 0 Å². The van der Waals surface area contributed by atoms with Crippen molar-refractivity contribution in [2.45, 2.75) is 12.1 Å².